The summed E-state index contributed by atoms with van der Waals surface area (Å²) in [5.41, 5.74) is 1.88. The molecular weight excluding hydrogens is 184 g/mol. The number of rotatable bonds is 3. The molecule has 1 fully saturated rings. The van der Waals surface area contributed by atoms with Gasteiger partial charge in [-0.3, -0.25) is 4.98 Å². The van der Waals surface area contributed by atoms with Crippen molar-refractivity contribution in [3.63, 3.8) is 0 Å². The van der Waals surface area contributed by atoms with Gasteiger partial charge in [0.05, 0.1) is 12.1 Å². The second-order valence-corrected chi connectivity index (χ2v) is 4.21. The van der Waals surface area contributed by atoms with Crippen molar-refractivity contribution in [1.82, 2.24) is 10.3 Å². The number of nitrogens with zero attached hydrogens (tertiary/aromatic N) is 1. The van der Waals surface area contributed by atoms with Gasteiger partial charge in [0.15, 0.2) is 0 Å². The molecule has 0 amide bonds. The quantitative estimate of drug-likeness (QED) is 0.798. The molecule has 0 spiro atoms. The van der Waals surface area contributed by atoms with E-state index < -0.39 is 0 Å². The number of hydrogen-bond acceptors (Lipinski definition) is 4. The number of hydrogen-bond donors (Lipinski definition) is 1. The van der Waals surface area contributed by atoms with Crippen molar-refractivity contribution < 1.29 is 4.74 Å². The molecule has 4 heteroatoms. The molecule has 72 valence electrons. The van der Waals surface area contributed by atoms with Gasteiger partial charge in [-0.15, -0.1) is 11.3 Å². The van der Waals surface area contributed by atoms with Crippen LogP contribution in [0.15, 0.2) is 11.7 Å². The van der Waals surface area contributed by atoms with Gasteiger partial charge in [-0.1, -0.05) is 0 Å². The smallest absolute Gasteiger partial charge is 0.0794 e. The average Bonchev–Trinajstić information content (AvgIpc) is 2.76. The Hall–Kier alpha value is -0.450. The Kier molecular flexibility index (Phi) is 2.93. The highest BCUT2D eigenvalue weighted by Crippen LogP contribution is 2.30. The summed E-state index contributed by atoms with van der Waals surface area (Å²) in [4.78, 5) is 5.42. The molecule has 0 radical (unpaired) electrons. The number of ether oxygens (including phenoxy) is 1. The fraction of sp³-hybridized carbons (Fsp3) is 0.667. The van der Waals surface area contributed by atoms with E-state index in [1.54, 1.807) is 11.3 Å². The fourth-order valence-corrected chi connectivity index (χ4v) is 2.63. The highest BCUT2D eigenvalue weighted by atomic mass is 32.1. The van der Waals surface area contributed by atoms with E-state index in [4.69, 9.17) is 4.74 Å². The summed E-state index contributed by atoms with van der Waals surface area (Å²) in [6.07, 6.45) is 3.10. The van der Waals surface area contributed by atoms with Crippen LogP contribution >= 0.6 is 11.3 Å². The maximum absolute atomic E-state index is 5.38. The second kappa shape index (κ2) is 4.17. The third-order valence-corrected chi connectivity index (χ3v) is 3.36. The zero-order valence-corrected chi connectivity index (χ0v) is 8.51. The number of aromatic nitrogens is 1. The highest BCUT2D eigenvalue weighted by Gasteiger charge is 2.26. The summed E-state index contributed by atoms with van der Waals surface area (Å²) in [6, 6.07) is 0.426. The Morgan fingerprint density at radius 3 is 3.23 bits per heavy atom. The van der Waals surface area contributed by atoms with Gasteiger partial charge in [0.1, 0.15) is 0 Å². The maximum atomic E-state index is 5.38. The van der Waals surface area contributed by atoms with Crippen LogP contribution in [0.4, 0.5) is 0 Å². The minimum Gasteiger partial charge on any atom is -0.381 e. The molecular formula is C9H14N2OS. The van der Waals surface area contributed by atoms with Crippen LogP contribution in [-0.2, 0) is 4.74 Å². The van der Waals surface area contributed by atoms with Gasteiger partial charge in [0.2, 0.25) is 0 Å². The van der Waals surface area contributed by atoms with Crippen LogP contribution in [0.5, 0.6) is 0 Å². The van der Waals surface area contributed by atoms with Gasteiger partial charge in [-0.05, 0) is 13.5 Å². The molecule has 0 aromatic carbocycles. The molecule has 2 heterocycles. The lowest BCUT2D eigenvalue weighted by molar-refractivity contribution is 0.178. The monoisotopic (exact) mass is 198 g/mol. The van der Waals surface area contributed by atoms with Crippen molar-refractivity contribution in [2.24, 2.45) is 5.92 Å². The first kappa shape index (κ1) is 9.12. The summed E-state index contributed by atoms with van der Waals surface area (Å²) >= 11 is 1.71. The molecule has 0 aliphatic carbocycles. The molecule has 0 saturated carbocycles. The van der Waals surface area contributed by atoms with Crippen LogP contribution in [0.2, 0.25) is 0 Å². The molecule has 3 nitrogen and oxygen atoms in total. The molecule has 2 unspecified atom stereocenters. The van der Waals surface area contributed by atoms with E-state index >= 15 is 0 Å². The fourth-order valence-electron chi connectivity index (χ4n) is 1.81. The lowest BCUT2D eigenvalue weighted by Crippen LogP contribution is -2.24. The van der Waals surface area contributed by atoms with E-state index in [0.717, 1.165) is 19.6 Å². The Morgan fingerprint density at radius 2 is 2.69 bits per heavy atom. The minimum absolute atomic E-state index is 0.426. The normalized spacial score (nSPS) is 24.8. The molecule has 13 heavy (non-hydrogen) atoms. The van der Waals surface area contributed by atoms with Gasteiger partial charge in [0, 0.05) is 29.6 Å². The lowest BCUT2D eigenvalue weighted by Gasteiger charge is -2.19. The van der Waals surface area contributed by atoms with Crippen LogP contribution in [0.3, 0.4) is 0 Å². The standard InChI is InChI=1S/C9H14N2OS/c1-10-9(7-2-3-12-5-7)8-4-11-6-13-8/h4,6-7,9-10H,2-3,5H2,1H3. The first-order chi connectivity index (χ1) is 6.42. The van der Waals surface area contributed by atoms with Crippen LogP contribution < -0.4 is 5.32 Å². The van der Waals surface area contributed by atoms with Gasteiger partial charge < -0.3 is 10.1 Å². The first-order valence-corrected chi connectivity index (χ1v) is 5.43. The van der Waals surface area contributed by atoms with Crippen molar-refractivity contribution in [3.8, 4) is 0 Å². The third-order valence-electron chi connectivity index (χ3n) is 2.51. The summed E-state index contributed by atoms with van der Waals surface area (Å²) in [5.74, 6) is 0.616. The largest absolute Gasteiger partial charge is 0.381 e. The van der Waals surface area contributed by atoms with Gasteiger partial charge >= 0.3 is 0 Å². The van der Waals surface area contributed by atoms with Gasteiger partial charge in [0.25, 0.3) is 0 Å². The number of thiazole rings is 1. The maximum Gasteiger partial charge on any atom is 0.0794 e. The van der Waals surface area contributed by atoms with Gasteiger partial charge in [-0.25, -0.2) is 0 Å². The van der Waals surface area contributed by atoms with E-state index in [1.807, 2.05) is 18.8 Å². The predicted octanol–water partition coefficient (Wildman–Crippen LogP) is 1.44. The lowest BCUT2D eigenvalue weighted by atomic mass is 9.98. The average molecular weight is 198 g/mol. The minimum atomic E-state index is 0.426. The number of nitrogens with one attached hydrogen (secondary N) is 1. The summed E-state index contributed by atoms with van der Waals surface area (Å²) < 4.78 is 5.38. The molecule has 1 aliphatic heterocycles. The van der Waals surface area contributed by atoms with Crippen LogP contribution in [-0.4, -0.2) is 25.2 Å². The Labute approximate surface area is 82.1 Å². The van der Waals surface area contributed by atoms with E-state index in [9.17, 15) is 0 Å². The van der Waals surface area contributed by atoms with Crippen LogP contribution in [0.1, 0.15) is 17.3 Å². The topological polar surface area (TPSA) is 34.2 Å². The van der Waals surface area contributed by atoms with Crippen molar-refractivity contribution in [1.29, 1.82) is 0 Å². The highest BCUT2D eigenvalue weighted by molar-refractivity contribution is 7.09. The van der Waals surface area contributed by atoms with Crippen molar-refractivity contribution in [2.45, 2.75) is 12.5 Å². The zero-order valence-electron chi connectivity index (χ0n) is 7.69. The molecule has 1 saturated heterocycles. The third kappa shape index (κ3) is 1.90. The summed E-state index contributed by atoms with van der Waals surface area (Å²) in [5, 5.41) is 3.34. The van der Waals surface area contributed by atoms with Crippen LogP contribution in [0, 0.1) is 5.92 Å². The Bertz CT molecular complexity index is 244. The van der Waals surface area contributed by atoms with Crippen LogP contribution in [0.25, 0.3) is 0 Å². The summed E-state index contributed by atoms with van der Waals surface area (Å²) in [7, 11) is 2.00. The molecule has 1 aromatic rings. The Balaban J connectivity index is 2.08. The first-order valence-electron chi connectivity index (χ1n) is 4.55. The molecule has 1 N–H and O–H groups in total. The molecule has 2 rings (SSSR count). The Morgan fingerprint density at radius 1 is 1.77 bits per heavy atom. The second-order valence-electron chi connectivity index (χ2n) is 3.29. The van der Waals surface area contributed by atoms with Gasteiger partial charge in [-0.2, -0.15) is 0 Å². The van der Waals surface area contributed by atoms with Crippen molar-refractivity contribution >= 4 is 11.3 Å². The molecule has 1 aromatic heterocycles. The van der Waals surface area contributed by atoms with E-state index in [0.29, 0.717) is 12.0 Å². The zero-order chi connectivity index (χ0) is 9.10. The molecule has 0 bridgehead atoms. The molecule has 2 atom stereocenters. The predicted molar refractivity (Wildman–Crippen MR) is 52.8 cm³/mol. The molecule has 1 aliphatic rings. The van der Waals surface area contributed by atoms with Crippen molar-refractivity contribution in [2.75, 3.05) is 20.3 Å². The van der Waals surface area contributed by atoms with E-state index in [1.165, 1.54) is 4.88 Å². The van der Waals surface area contributed by atoms with E-state index in [-0.39, 0.29) is 0 Å². The SMILES string of the molecule is CNC(c1cncs1)C1CCOC1. The van der Waals surface area contributed by atoms with E-state index in [2.05, 4.69) is 10.3 Å². The van der Waals surface area contributed by atoms with Crippen molar-refractivity contribution in [3.05, 3.63) is 16.6 Å². The summed E-state index contributed by atoms with van der Waals surface area (Å²) in [6.45, 7) is 1.78.